The lowest BCUT2D eigenvalue weighted by molar-refractivity contribution is 0.232. The summed E-state index contributed by atoms with van der Waals surface area (Å²) in [5, 5.41) is 0. The molecule has 1 atom stereocenters. The van der Waals surface area contributed by atoms with E-state index in [0.717, 1.165) is 12.8 Å². The van der Waals surface area contributed by atoms with Gasteiger partial charge in [0, 0.05) is 0 Å². The van der Waals surface area contributed by atoms with Gasteiger partial charge in [0.25, 0.3) is 0 Å². The molecule has 88 valence electrons. The Kier molecular flexibility index (Phi) is 4.96. The zero-order chi connectivity index (χ0) is 12.0. The second-order valence-electron chi connectivity index (χ2n) is 5.03. The van der Waals surface area contributed by atoms with Crippen molar-refractivity contribution in [1.82, 2.24) is 0 Å². The van der Waals surface area contributed by atoms with E-state index in [2.05, 4.69) is 50.5 Å². The molecule has 16 heavy (non-hydrogen) atoms. The largest absolute Gasteiger partial charge is 0.411 e. The lowest BCUT2D eigenvalue weighted by atomic mass is 10.1. The molecule has 0 spiro atoms. The lowest BCUT2D eigenvalue weighted by Crippen LogP contribution is -2.31. The van der Waals surface area contributed by atoms with Crippen molar-refractivity contribution >= 4 is 8.32 Å². The number of hydrogen-bond acceptors (Lipinski definition) is 1. The zero-order valence-electron chi connectivity index (χ0n) is 10.6. The van der Waals surface area contributed by atoms with Gasteiger partial charge in [-0.3, -0.25) is 0 Å². The van der Waals surface area contributed by atoms with Gasteiger partial charge in [-0.05, 0) is 38.0 Å². The molecule has 1 aromatic carbocycles. The van der Waals surface area contributed by atoms with Crippen molar-refractivity contribution in [3.05, 3.63) is 48.6 Å². The Bertz CT molecular complexity index is 313. The summed E-state index contributed by atoms with van der Waals surface area (Å²) >= 11 is 0. The molecule has 0 saturated heterocycles. The molecule has 1 nitrogen and oxygen atoms in total. The van der Waals surface area contributed by atoms with Crippen LogP contribution >= 0.6 is 0 Å². The third-order valence-electron chi connectivity index (χ3n) is 2.33. The van der Waals surface area contributed by atoms with Gasteiger partial charge in [0.1, 0.15) is 0 Å². The Morgan fingerprint density at radius 1 is 1.25 bits per heavy atom. The average Bonchev–Trinajstić information content (AvgIpc) is 2.24. The first-order valence-electron chi connectivity index (χ1n) is 5.85. The van der Waals surface area contributed by atoms with Crippen LogP contribution in [0.4, 0.5) is 0 Å². The summed E-state index contributed by atoms with van der Waals surface area (Å²) in [5.74, 6) is 0. The Balaban J connectivity index is 2.43. The monoisotopic (exact) mass is 234 g/mol. The van der Waals surface area contributed by atoms with E-state index < -0.39 is 8.32 Å². The van der Waals surface area contributed by atoms with Gasteiger partial charge < -0.3 is 4.43 Å². The molecule has 0 heterocycles. The molecule has 1 unspecified atom stereocenters. The minimum Gasteiger partial charge on any atom is -0.411 e. The van der Waals surface area contributed by atoms with Crippen LogP contribution < -0.4 is 0 Å². The first-order valence-corrected chi connectivity index (χ1v) is 9.26. The van der Waals surface area contributed by atoms with Crippen LogP contribution in [-0.2, 0) is 10.8 Å². The number of benzene rings is 1. The standard InChI is InChI=1S/C14H22OSi/c1-5-14(15-16(2,3)4)12-11-13-9-7-6-8-10-13/h5-10,14H,1,11-12H2,2-4H3. The predicted molar refractivity (Wildman–Crippen MR) is 73.2 cm³/mol. The van der Waals surface area contributed by atoms with Crippen molar-refractivity contribution in [2.45, 2.75) is 38.6 Å². The van der Waals surface area contributed by atoms with E-state index in [1.165, 1.54) is 5.56 Å². The van der Waals surface area contributed by atoms with Crippen molar-refractivity contribution in [3.63, 3.8) is 0 Å². The van der Waals surface area contributed by atoms with Gasteiger partial charge in [-0.15, -0.1) is 6.58 Å². The lowest BCUT2D eigenvalue weighted by Gasteiger charge is -2.24. The van der Waals surface area contributed by atoms with Gasteiger partial charge in [-0.25, -0.2) is 0 Å². The number of aryl methyl sites for hydroxylation is 1. The van der Waals surface area contributed by atoms with Gasteiger partial charge >= 0.3 is 0 Å². The van der Waals surface area contributed by atoms with Crippen LogP contribution in [0, 0.1) is 0 Å². The molecule has 0 amide bonds. The number of rotatable bonds is 6. The van der Waals surface area contributed by atoms with Gasteiger partial charge in [-0.1, -0.05) is 36.4 Å². The van der Waals surface area contributed by atoms with Crippen LogP contribution in [0.2, 0.25) is 19.6 Å². The molecule has 0 aliphatic carbocycles. The molecule has 0 radical (unpaired) electrons. The van der Waals surface area contributed by atoms with Crippen LogP contribution in [-0.4, -0.2) is 14.4 Å². The Labute approximate surface area is 100 Å². The maximum absolute atomic E-state index is 6.03. The molecule has 1 rings (SSSR count). The summed E-state index contributed by atoms with van der Waals surface area (Å²) in [7, 11) is -1.45. The fraction of sp³-hybridized carbons (Fsp3) is 0.429. The number of hydrogen-bond donors (Lipinski definition) is 0. The minimum atomic E-state index is -1.45. The Morgan fingerprint density at radius 2 is 1.88 bits per heavy atom. The third kappa shape index (κ3) is 5.28. The van der Waals surface area contributed by atoms with Gasteiger partial charge in [0.2, 0.25) is 0 Å². The van der Waals surface area contributed by atoms with E-state index in [1.54, 1.807) is 0 Å². The van der Waals surface area contributed by atoms with E-state index in [1.807, 2.05) is 12.1 Å². The highest BCUT2D eigenvalue weighted by molar-refractivity contribution is 6.69. The Hall–Kier alpha value is -0.863. The first-order chi connectivity index (χ1) is 7.51. The first kappa shape index (κ1) is 13.2. The highest BCUT2D eigenvalue weighted by Gasteiger charge is 2.18. The van der Waals surface area contributed by atoms with E-state index >= 15 is 0 Å². The van der Waals surface area contributed by atoms with E-state index in [0.29, 0.717) is 0 Å². The van der Waals surface area contributed by atoms with Crippen LogP contribution in [0.25, 0.3) is 0 Å². The van der Waals surface area contributed by atoms with E-state index in [9.17, 15) is 0 Å². The summed E-state index contributed by atoms with van der Waals surface area (Å²) in [4.78, 5) is 0. The Morgan fingerprint density at radius 3 is 2.38 bits per heavy atom. The smallest absolute Gasteiger partial charge is 0.184 e. The third-order valence-corrected chi connectivity index (χ3v) is 3.34. The summed E-state index contributed by atoms with van der Waals surface area (Å²) in [6.45, 7) is 10.5. The van der Waals surface area contributed by atoms with E-state index in [4.69, 9.17) is 4.43 Å². The summed E-state index contributed by atoms with van der Waals surface area (Å²) < 4.78 is 6.03. The van der Waals surface area contributed by atoms with Crippen LogP contribution in [0.1, 0.15) is 12.0 Å². The average molecular weight is 234 g/mol. The summed E-state index contributed by atoms with van der Waals surface area (Å²) in [5.41, 5.74) is 1.37. The topological polar surface area (TPSA) is 9.23 Å². The molecule has 0 N–H and O–H groups in total. The zero-order valence-corrected chi connectivity index (χ0v) is 11.6. The van der Waals surface area contributed by atoms with Gasteiger partial charge in [0.05, 0.1) is 6.10 Å². The molecule has 0 aliphatic rings. The molecular formula is C14H22OSi. The highest BCUT2D eigenvalue weighted by atomic mass is 28.4. The minimum absolute atomic E-state index is 0.201. The molecule has 0 aliphatic heterocycles. The van der Waals surface area contributed by atoms with Crippen molar-refractivity contribution in [3.8, 4) is 0 Å². The molecule has 0 bridgehead atoms. The molecular weight excluding hydrogens is 212 g/mol. The molecule has 0 aromatic heterocycles. The summed E-state index contributed by atoms with van der Waals surface area (Å²) in [6, 6.07) is 10.5. The van der Waals surface area contributed by atoms with Crippen molar-refractivity contribution in [2.24, 2.45) is 0 Å². The maximum Gasteiger partial charge on any atom is 0.184 e. The SMILES string of the molecule is C=CC(CCc1ccccc1)O[Si](C)(C)C. The van der Waals surface area contributed by atoms with Crippen LogP contribution in [0.3, 0.4) is 0 Å². The quantitative estimate of drug-likeness (QED) is 0.533. The van der Waals surface area contributed by atoms with Crippen molar-refractivity contribution in [2.75, 3.05) is 0 Å². The van der Waals surface area contributed by atoms with Gasteiger partial charge in [0.15, 0.2) is 8.32 Å². The summed E-state index contributed by atoms with van der Waals surface area (Å²) in [6.07, 6.45) is 4.22. The molecule has 0 saturated carbocycles. The molecule has 0 fully saturated rings. The second-order valence-corrected chi connectivity index (χ2v) is 9.49. The second kappa shape index (κ2) is 6.02. The van der Waals surface area contributed by atoms with Crippen LogP contribution in [0.5, 0.6) is 0 Å². The maximum atomic E-state index is 6.03. The fourth-order valence-electron chi connectivity index (χ4n) is 1.63. The normalized spacial score (nSPS) is 13.4. The molecule has 1 aromatic rings. The van der Waals surface area contributed by atoms with Crippen molar-refractivity contribution in [1.29, 1.82) is 0 Å². The highest BCUT2D eigenvalue weighted by Crippen LogP contribution is 2.13. The predicted octanol–water partition coefficient (Wildman–Crippen LogP) is 4.03. The molecule has 2 heteroatoms. The van der Waals surface area contributed by atoms with Crippen molar-refractivity contribution < 1.29 is 4.43 Å². The van der Waals surface area contributed by atoms with E-state index in [-0.39, 0.29) is 6.10 Å². The van der Waals surface area contributed by atoms with Crippen LogP contribution in [0.15, 0.2) is 43.0 Å². The fourth-order valence-corrected chi connectivity index (χ4v) is 2.75. The van der Waals surface area contributed by atoms with Gasteiger partial charge in [-0.2, -0.15) is 0 Å².